The molecule has 0 amide bonds. The summed E-state index contributed by atoms with van der Waals surface area (Å²) < 4.78 is 0. The van der Waals surface area contributed by atoms with Gasteiger partial charge in [-0.05, 0) is 22.4 Å². The summed E-state index contributed by atoms with van der Waals surface area (Å²) in [6.45, 7) is 0. The van der Waals surface area contributed by atoms with Crippen molar-refractivity contribution in [1.82, 2.24) is 0 Å². The predicted molar refractivity (Wildman–Crippen MR) is 74.7 cm³/mol. The molecular formula is C6H12S6. The van der Waals surface area contributed by atoms with E-state index >= 15 is 0 Å². The first kappa shape index (κ1) is 11.9. The third-order valence-electron chi connectivity index (χ3n) is 1.85. The number of thiol groups is 2. The smallest absolute Gasteiger partial charge is 0.0314 e. The topological polar surface area (TPSA) is 0 Å². The molecule has 0 bridgehead atoms. The Hall–Kier alpha value is 1.84. The molecule has 0 aromatic heterocycles. The van der Waals surface area contributed by atoms with Gasteiger partial charge in [0.05, 0.1) is 0 Å². The molecule has 1 heterocycles. The Morgan fingerprint density at radius 3 is 2.42 bits per heavy atom. The van der Waals surface area contributed by atoms with Crippen LogP contribution >= 0.6 is 37.0 Å². The highest BCUT2D eigenvalue weighted by Crippen LogP contribution is 2.27. The highest BCUT2D eigenvalue weighted by atomic mass is 33.1. The lowest BCUT2D eigenvalue weighted by molar-refractivity contribution is 1.06. The minimum Gasteiger partial charge on any atom is -0.178 e. The summed E-state index contributed by atoms with van der Waals surface area (Å²) in [4.78, 5) is 0. The Bertz CT molecular complexity index is 230. The van der Waals surface area contributed by atoms with Crippen molar-refractivity contribution in [2.45, 2.75) is 10.5 Å². The highest BCUT2D eigenvalue weighted by Gasteiger charge is 2.27. The van der Waals surface area contributed by atoms with Gasteiger partial charge in [-0.15, -0.1) is 0 Å². The second-order valence-electron chi connectivity index (χ2n) is 2.77. The summed E-state index contributed by atoms with van der Waals surface area (Å²) in [6.07, 6.45) is 0. The van der Waals surface area contributed by atoms with Crippen LogP contribution in [0.4, 0.5) is 0 Å². The van der Waals surface area contributed by atoms with Gasteiger partial charge in [0.15, 0.2) is 0 Å². The Kier molecular flexibility index (Phi) is 5.03. The molecule has 0 saturated carbocycles. The van der Waals surface area contributed by atoms with Gasteiger partial charge in [0.2, 0.25) is 0 Å². The molecule has 72 valence electrons. The zero-order chi connectivity index (χ0) is 9.19. The lowest BCUT2D eigenvalue weighted by Crippen LogP contribution is -2.37. The quantitative estimate of drug-likeness (QED) is 0.733. The maximum Gasteiger partial charge on any atom is 0.0314 e. The maximum atomic E-state index is 5.46. The van der Waals surface area contributed by atoms with E-state index in [0.717, 1.165) is 23.0 Å². The Morgan fingerprint density at radius 1 is 1.33 bits per heavy atom. The molecule has 1 aliphatic heterocycles. The summed E-state index contributed by atoms with van der Waals surface area (Å²) >= 11 is 21.5. The van der Waals surface area contributed by atoms with Gasteiger partial charge in [-0.25, -0.2) is 0 Å². The van der Waals surface area contributed by atoms with Gasteiger partial charge < -0.3 is 0 Å². The van der Waals surface area contributed by atoms with Crippen LogP contribution in [0.5, 0.6) is 0 Å². The van der Waals surface area contributed by atoms with E-state index in [1.807, 2.05) is 11.8 Å². The first-order valence-corrected chi connectivity index (χ1v) is 9.68. The van der Waals surface area contributed by atoms with E-state index in [1.54, 1.807) is 0 Å². The van der Waals surface area contributed by atoms with Gasteiger partial charge in [-0.2, -0.15) is 37.0 Å². The van der Waals surface area contributed by atoms with Crippen molar-refractivity contribution in [3.63, 3.8) is 0 Å². The van der Waals surface area contributed by atoms with Crippen molar-refractivity contribution in [3.05, 3.63) is 0 Å². The van der Waals surface area contributed by atoms with Crippen LogP contribution in [0.3, 0.4) is 0 Å². The minimum atomic E-state index is -1.21. The van der Waals surface area contributed by atoms with Gasteiger partial charge in [0, 0.05) is 33.5 Å². The largest absolute Gasteiger partial charge is 0.178 e. The van der Waals surface area contributed by atoms with E-state index in [0.29, 0.717) is 10.5 Å². The number of rotatable bonds is 2. The van der Waals surface area contributed by atoms with E-state index in [9.17, 15) is 0 Å². The van der Waals surface area contributed by atoms with Crippen molar-refractivity contribution in [3.8, 4) is 0 Å². The maximum absolute atomic E-state index is 5.46. The molecule has 0 nitrogen and oxygen atoms in total. The van der Waals surface area contributed by atoms with Crippen molar-refractivity contribution in [2.24, 2.45) is 0 Å². The Labute approximate surface area is 99.3 Å². The van der Waals surface area contributed by atoms with Gasteiger partial charge in [-0.3, -0.25) is 0 Å². The lowest BCUT2D eigenvalue weighted by Gasteiger charge is -2.31. The van der Waals surface area contributed by atoms with Crippen LogP contribution in [0.15, 0.2) is 0 Å². The fourth-order valence-electron chi connectivity index (χ4n) is 1.06. The first-order chi connectivity index (χ1) is 5.60. The van der Waals surface area contributed by atoms with Crippen LogP contribution in [-0.4, -0.2) is 33.5 Å². The van der Waals surface area contributed by atoms with Crippen molar-refractivity contribution in [2.75, 3.05) is 23.0 Å². The predicted octanol–water partition coefficient (Wildman–Crippen LogP) is 1.41. The average molecular weight is 277 g/mol. The normalized spacial score (nSPS) is 34.8. The van der Waals surface area contributed by atoms with Crippen LogP contribution in [0, 0.1) is 0 Å². The molecule has 1 fully saturated rings. The SMILES string of the molecule is S=S1(=S)CC(CS)SCC1CS. The van der Waals surface area contributed by atoms with Gasteiger partial charge in [0.1, 0.15) is 0 Å². The van der Waals surface area contributed by atoms with Crippen molar-refractivity contribution >= 4 is 66.5 Å². The molecule has 6 heteroatoms. The molecule has 2 atom stereocenters. The first-order valence-electron chi connectivity index (χ1n) is 3.65. The lowest BCUT2D eigenvalue weighted by atomic mass is 10.5. The molecule has 2 unspecified atom stereocenters. The molecule has 0 aliphatic carbocycles. The van der Waals surface area contributed by atoms with E-state index in [-0.39, 0.29) is 0 Å². The molecule has 12 heavy (non-hydrogen) atoms. The molecule has 0 aromatic rings. The second-order valence-corrected chi connectivity index (χ2v) is 11.4. The molecule has 1 saturated heterocycles. The molecule has 0 N–H and O–H groups in total. The number of hydrogen-bond acceptors (Lipinski definition) is 5. The minimum absolute atomic E-state index is 0.493. The van der Waals surface area contributed by atoms with Crippen LogP contribution in [0.1, 0.15) is 0 Å². The van der Waals surface area contributed by atoms with Crippen LogP contribution in [-0.2, 0) is 29.5 Å². The zero-order valence-corrected chi connectivity index (χ0v) is 11.6. The Morgan fingerprint density at radius 2 is 2.00 bits per heavy atom. The average Bonchev–Trinajstić information content (AvgIpc) is 2.02. The van der Waals surface area contributed by atoms with E-state index in [2.05, 4.69) is 25.3 Å². The standard InChI is InChI=1S/C6H12S6/c7-1-5-4-12(9,10)6(2-8)3-11-5/h5-8H,1-4H2. The molecule has 1 aliphatic rings. The van der Waals surface area contributed by atoms with E-state index < -0.39 is 7.15 Å². The fraction of sp³-hybridized carbons (Fsp3) is 1.00. The number of thioether (sulfide) groups is 1. The number of hydrogen-bond donors (Lipinski definition) is 2. The van der Waals surface area contributed by atoms with E-state index in [1.165, 1.54) is 0 Å². The highest BCUT2D eigenvalue weighted by molar-refractivity contribution is 8.57. The Balaban J connectivity index is 2.68. The third kappa shape index (κ3) is 2.92. The molecular weight excluding hydrogens is 264 g/mol. The summed E-state index contributed by atoms with van der Waals surface area (Å²) in [7, 11) is -1.21. The second kappa shape index (κ2) is 5.07. The van der Waals surface area contributed by atoms with Crippen LogP contribution in [0.2, 0.25) is 0 Å². The molecule has 0 spiro atoms. The monoisotopic (exact) mass is 276 g/mol. The zero-order valence-electron chi connectivity index (χ0n) is 6.51. The van der Waals surface area contributed by atoms with Gasteiger partial charge in [-0.1, -0.05) is 7.15 Å². The van der Waals surface area contributed by atoms with Crippen molar-refractivity contribution in [1.29, 1.82) is 0 Å². The van der Waals surface area contributed by atoms with Crippen LogP contribution in [0.25, 0.3) is 0 Å². The van der Waals surface area contributed by atoms with E-state index in [4.69, 9.17) is 22.4 Å². The molecule has 0 aromatic carbocycles. The molecule has 0 radical (unpaired) electrons. The fourth-order valence-corrected chi connectivity index (χ4v) is 10.2. The third-order valence-corrected chi connectivity index (χ3v) is 9.71. The van der Waals surface area contributed by atoms with Gasteiger partial charge >= 0.3 is 0 Å². The summed E-state index contributed by atoms with van der Waals surface area (Å²) in [6, 6.07) is 0. The summed E-state index contributed by atoms with van der Waals surface area (Å²) in [5.74, 6) is 3.87. The summed E-state index contributed by atoms with van der Waals surface area (Å²) in [5.41, 5.74) is 0. The molecule has 1 rings (SSSR count). The van der Waals surface area contributed by atoms with Gasteiger partial charge in [0.25, 0.3) is 0 Å². The van der Waals surface area contributed by atoms with Crippen LogP contribution < -0.4 is 0 Å². The summed E-state index contributed by atoms with van der Waals surface area (Å²) in [5, 5.41) is 1.08. The van der Waals surface area contributed by atoms with Crippen molar-refractivity contribution < 1.29 is 0 Å².